The number of carbonyl (C=O) groups is 5. The number of primary amides is 1. The van der Waals surface area contributed by atoms with Crippen LogP contribution < -0.4 is 38.9 Å². The third-order valence-corrected chi connectivity index (χ3v) is 5.55. The molecule has 0 rings (SSSR count). The molecule has 12 N–H and O–H groups in total. The lowest BCUT2D eigenvalue weighted by atomic mass is 10.0. The van der Waals surface area contributed by atoms with Crippen LogP contribution >= 0.6 is 11.8 Å². The van der Waals surface area contributed by atoms with E-state index in [4.69, 9.17) is 22.9 Å². The van der Waals surface area contributed by atoms with E-state index in [1.807, 2.05) is 20.1 Å². The van der Waals surface area contributed by atoms with E-state index in [0.717, 1.165) is 0 Å². The summed E-state index contributed by atoms with van der Waals surface area (Å²) in [5, 5.41) is 16.7. The van der Waals surface area contributed by atoms with Crippen LogP contribution in [-0.4, -0.2) is 83.4 Å². The van der Waals surface area contributed by atoms with Crippen LogP contribution in [0.25, 0.3) is 0 Å². The van der Waals surface area contributed by atoms with Gasteiger partial charge in [-0.3, -0.25) is 24.2 Å². The fourth-order valence-electron chi connectivity index (χ4n) is 3.11. The molecule has 0 aromatic rings. The summed E-state index contributed by atoms with van der Waals surface area (Å²) < 4.78 is 0. The lowest BCUT2D eigenvalue weighted by Gasteiger charge is -2.25. The number of carboxylic acid groups (broad SMARTS) is 1. The van der Waals surface area contributed by atoms with E-state index >= 15 is 0 Å². The maximum Gasteiger partial charge on any atom is 0.326 e. The summed E-state index contributed by atoms with van der Waals surface area (Å²) in [5.74, 6) is -3.84. The zero-order valence-corrected chi connectivity index (χ0v) is 21.8. The van der Waals surface area contributed by atoms with Crippen molar-refractivity contribution in [2.75, 3.05) is 18.6 Å². The van der Waals surface area contributed by atoms with Gasteiger partial charge in [0.2, 0.25) is 23.6 Å². The van der Waals surface area contributed by atoms with Crippen molar-refractivity contribution in [1.82, 2.24) is 16.0 Å². The second-order valence-electron chi connectivity index (χ2n) is 8.66. The SMILES string of the molecule is CSCCC(NC(=O)C(N)CC(C)C)C(=O)NC(CC(N)=O)C(=O)NC(CCCN=C(N)N)C(=O)O. The first-order valence-electron chi connectivity index (χ1n) is 11.5. The van der Waals surface area contributed by atoms with Crippen molar-refractivity contribution in [1.29, 1.82) is 0 Å². The average molecular weight is 533 g/mol. The van der Waals surface area contributed by atoms with Gasteiger partial charge in [-0.25, -0.2) is 4.79 Å². The lowest BCUT2D eigenvalue weighted by Crippen LogP contribution is -2.58. The Kier molecular flexibility index (Phi) is 15.9. The third kappa shape index (κ3) is 14.4. The predicted octanol–water partition coefficient (Wildman–Crippen LogP) is -2.42. The average Bonchev–Trinajstić information content (AvgIpc) is 2.76. The summed E-state index contributed by atoms with van der Waals surface area (Å²) in [4.78, 5) is 65.1. The number of aliphatic imine (C=N–C) groups is 1. The maximum atomic E-state index is 13.0. The summed E-state index contributed by atoms with van der Waals surface area (Å²) in [6, 6.07) is -4.62. The molecule has 0 aromatic carbocycles. The molecule has 0 spiro atoms. The maximum absolute atomic E-state index is 13.0. The van der Waals surface area contributed by atoms with Crippen LogP contribution in [-0.2, 0) is 24.0 Å². The Bertz CT molecular complexity index is 790. The molecular weight excluding hydrogens is 492 g/mol. The Labute approximate surface area is 215 Å². The van der Waals surface area contributed by atoms with Crippen molar-refractivity contribution in [3.8, 4) is 0 Å². The molecule has 4 unspecified atom stereocenters. The van der Waals surface area contributed by atoms with Crippen LogP contribution in [0.5, 0.6) is 0 Å². The van der Waals surface area contributed by atoms with Gasteiger partial charge in [-0.15, -0.1) is 0 Å². The number of nitrogens with one attached hydrogen (secondary N) is 3. The Morgan fingerprint density at radius 2 is 1.44 bits per heavy atom. The van der Waals surface area contributed by atoms with Gasteiger partial charge in [0.05, 0.1) is 12.5 Å². The molecule has 4 atom stereocenters. The minimum atomic E-state index is -1.45. The van der Waals surface area contributed by atoms with Gasteiger partial charge in [-0.1, -0.05) is 13.8 Å². The van der Waals surface area contributed by atoms with E-state index in [9.17, 15) is 29.1 Å². The number of carbonyl (C=O) groups excluding carboxylic acids is 4. The summed E-state index contributed by atoms with van der Waals surface area (Å²) in [6.45, 7) is 3.96. The van der Waals surface area contributed by atoms with Crippen LogP contribution in [0.15, 0.2) is 4.99 Å². The molecule has 36 heavy (non-hydrogen) atoms. The van der Waals surface area contributed by atoms with Crippen LogP contribution in [0.1, 0.15) is 46.0 Å². The largest absolute Gasteiger partial charge is 0.480 e. The van der Waals surface area contributed by atoms with Gasteiger partial charge in [0.15, 0.2) is 5.96 Å². The standard InChI is InChI=1S/C21H40N8O6S/c1-11(2)9-12(22)17(31)27-13(6-8-36-3)18(32)29-15(10-16(23)30)19(33)28-14(20(34)35)5-4-7-26-21(24)25/h11-15H,4-10,22H2,1-3H3,(H2,23,30)(H,27,31)(H,28,33)(H,29,32)(H,34,35)(H4,24,25,26). The summed E-state index contributed by atoms with van der Waals surface area (Å²) in [5.41, 5.74) is 21.6. The monoisotopic (exact) mass is 532 g/mol. The van der Waals surface area contributed by atoms with Crippen LogP contribution in [0.3, 0.4) is 0 Å². The van der Waals surface area contributed by atoms with Gasteiger partial charge in [0.25, 0.3) is 0 Å². The van der Waals surface area contributed by atoms with Gasteiger partial charge in [-0.05, 0) is 43.6 Å². The molecule has 0 radical (unpaired) electrons. The molecule has 0 saturated heterocycles. The van der Waals surface area contributed by atoms with Crippen molar-refractivity contribution in [3.63, 3.8) is 0 Å². The van der Waals surface area contributed by atoms with Crippen molar-refractivity contribution >= 4 is 47.3 Å². The molecule has 0 fully saturated rings. The van der Waals surface area contributed by atoms with E-state index in [1.165, 1.54) is 11.8 Å². The number of rotatable bonds is 18. The van der Waals surface area contributed by atoms with E-state index in [1.54, 1.807) is 0 Å². The van der Waals surface area contributed by atoms with Gasteiger partial charge < -0.3 is 44.0 Å². The highest BCUT2D eigenvalue weighted by molar-refractivity contribution is 7.98. The number of aliphatic carboxylic acids is 1. The Morgan fingerprint density at radius 3 is 1.94 bits per heavy atom. The first-order valence-corrected chi connectivity index (χ1v) is 12.9. The minimum absolute atomic E-state index is 0.00473. The van der Waals surface area contributed by atoms with Crippen LogP contribution in [0, 0.1) is 5.92 Å². The molecular formula is C21H40N8O6S. The van der Waals surface area contributed by atoms with Gasteiger partial charge >= 0.3 is 5.97 Å². The van der Waals surface area contributed by atoms with Crippen LogP contribution in [0.2, 0.25) is 0 Å². The molecule has 0 heterocycles. The molecule has 206 valence electrons. The number of guanidine groups is 1. The van der Waals surface area contributed by atoms with E-state index in [-0.39, 0.29) is 37.7 Å². The molecule has 0 aromatic heterocycles. The van der Waals surface area contributed by atoms with Crippen LogP contribution in [0.4, 0.5) is 0 Å². The minimum Gasteiger partial charge on any atom is -0.480 e. The molecule has 0 bridgehead atoms. The number of nitrogens with two attached hydrogens (primary N) is 4. The number of nitrogens with zero attached hydrogens (tertiary/aromatic N) is 1. The number of hydrogen-bond donors (Lipinski definition) is 8. The van der Waals surface area contributed by atoms with Gasteiger partial charge in [0.1, 0.15) is 18.1 Å². The highest BCUT2D eigenvalue weighted by atomic mass is 32.2. The lowest BCUT2D eigenvalue weighted by molar-refractivity contribution is -0.142. The topological polar surface area (TPSA) is 258 Å². The van der Waals surface area contributed by atoms with Gasteiger partial charge in [-0.2, -0.15) is 11.8 Å². The second-order valence-corrected chi connectivity index (χ2v) is 9.64. The van der Waals surface area contributed by atoms with Gasteiger partial charge in [0, 0.05) is 6.54 Å². The van der Waals surface area contributed by atoms with E-state index < -0.39 is 60.2 Å². The Morgan fingerprint density at radius 1 is 0.889 bits per heavy atom. The summed E-state index contributed by atoms with van der Waals surface area (Å²) >= 11 is 1.45. The Hall–Kier alpha value is -3.07. The molecule has 4 amide bonds. The number of hydrogen-bond acceptors (Lipinski definition) is 8. The molecule has 0 aliphatic carbocycles. The third-order valence-electron chi connectivity index (χ3n) is 4.90. The fraction of sp³-hybridized carbons (Fsp3) is 0.714. The quantitative estimate of drug-likeness (QED) is 0.0526. The fourth-order valence-corrected chi connectivity index (χ4v) is 3.59. The number of amides is 4. The number of thioether (sulfide) groups is 1. The smallest absolute Gasteiger partial charge is 0.326 e. The zero-order chi connectivity index (χ0) is 27.8. The molecule has 14 nitrogen and oxygen atoms in total. The molecule has 0 aliphatic heterocycles. The first kappa shape index (κ1) is 32.9. The van der Waals surface area contributed by atoms with Crippen molar-refractivity contribution in [2.24, 2.45) is 33.8 Å². The van der Waals surface area contributed by atoms with E-state index in [0.29, 0.717) is 12.2 Å². The molecule has 0 saturated carbocycles. The Balaban J connectivity index is 5.44. The summed E-state index contributed by atoms with van der Waals surface area (Å²) in [7, 11) is 0. The van der Waals surface area contributed by atoms with E-state index in [2.05, 4.69) is 20.9 Å². The summed E-state index contributed by atoms with van der Waals surface area (Å²) in [6.07, 6.45) is 2.14. The highest BCUT2D eigenvalue weighted by Gasteiger charge is 2.31. The second kappa shape index (κ2) is 17.4. The normalized spacial score (nSPS) is 14.1. The molecule has 0 aliphatic rings. The molecule has 15 heteroatoms. The number of carboxylic acids is 1. The van der Waals surface area contributed by atoms with Crippen molar-refractivity contribution in [2.45, 2.75) is 70.1 Å². The van der Waals surface area contributed by atoms with Crippen molar-refractivity contribution in [3.05, 3.63) is 0 Å². The van der Waals surface area contributed by atoms with Crippen molar-refractivity contribution < 1.29 is 29.1 Å². The first-order chi connectivity index (χ1) is 16.8. The predicted molar refractivity (Wildman–Crippen MR) is 138 cm³/mol. The zero-order valence-electron chi connectivity index (χ0n) is 21.0. The highest BCUT2D eigenvalue weighted by Crippen LogP contribution is 2.07.